The molecule has 1 unspecified atom stereocenters. The molecule has 0 aliphatic heterocycles. The predicted octanol–water partition coefficient (Wildman–Crippen LogP) is 3.51. The lowest BCUT2D eigenvalue weighted by Gasteiger charge is -2.13. The maximum Gasteiger partial charge on any atom is 0.267 e. The van der Waals surface area contributed by atoms with Gasteiger partial charge in [-0.1, -0.05) is 23.7 Å². The summed E-state index contributed by atoms with van der Waals surface area (Å²) in [6.07, 6.45) is 0. The minimum atomic E-state index is -0.303. The van der Waals surface area contributed by atoms with Gasteiger partial charge in [0.15, 0.2) is 0 Å². The Morgan fingerprint density at radius 1 is 1.22 bits per heavy atom. The second-order valence-corrected chi connectivity index (χ2v) is 7.70. The number of benzene rings is 1. The maximum atomic E-state index is 12.3. The molecule has 0 aliphatic carbocycles. The number of rotatable bonds is 5. The van der Waals surface area contributed by atoms with Crippen LogP contribution in [0.15, 0.2) is 41.2 Å². The number of carbonyl (C=O) groups excluding carboxylic acids is 1. The van der Waals surface area contributed by atoms with Crippen LogP contribution in [0.3, 0.4) is 0 Å². The Kier molecular flexibility index (Phi) is 5.72. The third-order valence-electron chi connectivity index (χ3n) is 3.99. The highest BCUT2D eigenvalue weighted by atomic mass is 35.5. The molecular weight excluding hydrogens is 384 g/mol. The molecule has 2 heterocycles. The van der Waals surface area contributed by atoms with E-state index < -0.39 is 0 Å². The Morgan fingerprint density at radius 2 is 1.93 bits per heavy atom. The highest BCUT2D eigenvalue weighted by Gasteiger charge is 2.18. The lowest BCUT2D eigenvalue weighted by Crippen LogP contribution is -2.34. The number of hydrogen-bond acceptors (Lipinski definition) is 5. The average Bonchev–Trinajstić information content (AvgIpc) is 3.00. The van der Waals surface area contributed by atoms with Crippen molar-refractivity contribution in [3.8, 4) is 10.6 Å². The van der Waals surface area contributed by atoms with E-state index >= 15 is 0 Å². The summed E-state index contributed by atoms with van der Waals surface area (Å²) in [4.78, 5) is 29.7. The molecule has 3 aromatic rings. The number of aromatic nitrogens is 3. The fraction of sp³-hybridized carbons (Fsp3) is 0.263. The molecule has 2 aromatic heterocycles. The van der Waals surface area contributed by atoms with Gasteiger partial charge in [-0.15, -0.1) is 11.3 Å². The van der Waals surface area contributed by atoms with Crippen LogP contribution in [0.5, 0.6) is 0 Å². The number of nitrogens with one attached hydrogen (secondary N) is 1. The summed E-state index contributed by atoms with van der Waals surface area (Å²) < 4.78 is 1.16. The van der Waals surface area contributed by atoms with Gasteiger partial charge >= 0.3 is 0 Å². The zero-order valence-electron chi connectivity index (χ0n) is 15.2. The van der Waals surface area contributed by atoms with Crippen molar-refractivity contribution < 1.29 is 4.79 Å². The first-order valence-corrected chi connectivity index (χ1v) is 9.60. The van der Waals surface area contributed by atoms with Gasteiger partial charge in [0.25, 0.3) is 5.56 Å². The van der Waals surface area contributed by atoms with Gasteiger partial charge in [0.2, 0.25) is 5.91 Å². The van der Waals surface area contributed by atoms with Gasteiger partial charge in [-0.25, -0.2) is 9.67 Å². The third kappa shape index (κ3) is 4.61. The molecule has 1 N–H and O–H groups in total. The van der Waals surface area contributed by atoms with E-state index in [9.17, 15) is 9.59 Å². The molecule has 0 radical (unpaired) electrons. The number of thiazole rings is 1. The normalized spacial score (nSPS) is 12.0. The van der Waals surface area contributed by atoms with Crippen molar-refractivity contribution in [2.24, 2.45) is 0 Å². The highest BCUT2D eigenvalue weighted by Crippen LogP contribution is 2.32. The van der Waals surface area contributed by atoms with Crippen LogP contribution in [0.25, 0.3) is 10.6 Å². The molecule has 0 aliphatic rings. The van der Waals surface area contributed by atoms with Crippen LogP contribution in [0.1, 0.15) is 29.2 Å². The summed E-state index contributed by atoms with van der Waals surface area (Å²) in [6.45, 7) is 5.47. The van der Waals surface area contributed by atoms with Gasteiger partial charge in [-0.05, 0) is 39.0 Å². The molecule has 3 rings (SSSR count). The van der Waals surface area contributed by atoms with E-state index in [2.05, 4.69) is 15.4 Å². The minimum Gasteiger partial charge on any atom is -0.347 e. The topological polar surface area (TPSA) is 76.9 Å². The molecule has 6 nitrogen and oxygen atoms in total. The average molecular weight is 403 g/mol. The van der Waals surface area contributed by atoms with Crippen molar-refractivity contribution in [3.05, 3.63) is 68.0 Å². The number of nitrogens with zero attached hydrogens (tertiary/aromatic N) is 3. The van der Waals surface area contributed by atoms with Crippen molar-refractivity contribution >= 4 is 28.8 Å². The van der Waals surface area contributed by atoms with Crippen LogP contribution in [0.4, 0.5) is 0 Å². The van der Waals surface area contributed by atoms with Crippen molar-refractivity contribution in [1.82, 2.24) is 20.1 Å². The van der Waals surface area contributed by atoms with Crippen molar-refractivity contribution in [3.63, 3.8) is 0 Å². The Hall–Kier alpha value is -2.51. The molecule has 0 saturated carbocycles. The van der Waals surface area contributed by atoms with E-state index in [-0.39, 0.29) is 24.1 Å². The molecule has 0 saturated heterocycles. The van der Waals surface area contributed by atoms with Gasteiger partial charge in [-0.2, -0.15) is 5.10 Å². The number of aryl methyl sites for hydroxylation is 2. The van der Waals surface area contributed by atoms with Gasteiger partial charge < -0.3 is 5.32 Å². The molecule has 1 atom stereocenters. The van der Waals surface area contributed by atoms with Crippen LogP contribution in [-0.4, -0.2) is 20.7 Å². The van der Waals surface area contributed by atoms with Gasteiger partial charge in [-0.3, -0.25) is 9.59 Å². The van der Waals surface area contributed by atoms with Crippen molar-refractivity contribution in [1.29, 1.82) is 0 Å². The first-order valence-electron chi connectivity index (χ1n) is 8.41. The fourth-order valence-corrected chi connectivity index (χ4v) is 3.88. The third-order valence-corrected chi connectivity index (χ3v) is 5.63. The second kappa shape index (κ2) is 8.02. The summed E-state index contributed by atoms with van der Waals surface area (Å²) in [7, 11) is 0. The minimum absolute atomic E-state index is 0.118. The molecule has 27 heavy (non-hydrogen) atoms. The van der Waals surface area contributed by atoms with E-state index in [0.29, 0.717) is 10.7 Å². The Balaban J connectivity index is 1.73. The maximum absolute atomic E-state index is 12.3. The summed E-state index contributed by atoms with van der Waals surface area (Å²) in [5.74, 6) is -0.274. The van der Waals surface area contributed by atoms with E-state index in [4.69, 9.17) is 11.6 Å². The van der Waals surface area contributed by atoms with Gasteiger partial charge in [0.05, 0.1) is 22.3 Å². The summed E-state index contributed by atoms with van der Waals surface area (Å²) >= 11 is 7.46. The van der Waals surface area contributed by atoms with Crippen LogP contribution in [0, 0.1) is 13.8 Å². The fourth-order valence-electron chi connectivity index (χ4n) is 2.68. The van der Waals surface area contributed by atoms with E-state index in [1.165, 1.54) is 17.4 Å². The molecule has 0 bridgehead atoms. The summed E-state index contributed by atoms with van der Waals surface area (Å²) in [6, 6.07) is 10.3. The quantitative estimate of drug-likeness (QED) is 0.708. The SMILES string of the molecule is Cc1ccc(=O)n(CC(=O)NC(C)c2sc(-c3ccc(Cl)cc3)nc2C)n1. The highest BCUT2D eigenvalue weighted by molar-refractivity contribution is 7.15. The molecule has 140 valence electrons. The lowest BCUT2D eigenvalue weighted by atomic mass is 10.2. The van der Waals surface area contributed by atoms with Crippen molar-refractivity contribution in [2.75, 3.05) is 0 Å². The van der Waals surface area contributed by atoms with Crippen LogP contribution >= 0.6 is 22.9 Å². The molecular formula is C19H19ClN4O2S. The van der Waals surface area contributed by atoms with Crippen LogP contribution in [-0.2, 0) is 11.3 Å². The van der Waals surface area contributed by atoms with E-state index in [0.717, 1.165) is 25.8 Å². The largest absolute Gasteiger partial charge is 0.347 e. The van der Waals surface area contributed by atoms with E-state index in [1.807, 2.05) is 38.1 Å². The van der Waals surface area contributed by atoms with Gasteiger partial charge in [0.1, 0.15) is 11.6 Å². The van der Waals surface area contributed by atoms with Crippen LogP contribution < -0.4 is 10.9 Å². The van der Waals surface area contributed by atoms with E-state index in [1.54, 1.807) is 13.0 Å². The number of carbonyl (C=O) groups is 1. The lowest BCUT2D eigenvalue weighted by molar-refractivity contribution is -0.122. The zero-order chi connectivity index (χ0) is 19.6. The van der Waals surface area contributed by atoms with Crippen molar-refractivity contribution in [2.45, 2.75) is 33.4 Å². The van der Waals surface area contributed by atoms with Gasteiger partial charge in [0, 0.05) is 16.7 Å². The number of hydrogen-bond donors (Lipinski definition) is 1. The van der Waals surface area contributed by atoms with Crippen LogP contribution in [0.2, 0.25) is 5.02 Å². The monoisotopic (exact) mass is 402 g/mol. The Labute approximate surface area is 165 Å². The Morgan fingerprint density at radius 3 is 2.63 bits per heavy atom. The summed E-state index contributed by atoms with van der Waals surface area (Å²) in [5.41, 5.74) is 2.22. The first-order chi connectivity index (χ1) is 12.8. The predicted molar refractivity (Wildman–Crippen MR) is 107 cm³/mol. The molecule has 1 amide bonds. The molecule has 0 fully saturated rings. The first kappa shape index (κ1) is 19.3. The molecule has 0 spiro atoms. The standard InChI is InChI=1S/C19H19ClN4O2S/c1-11-4-9-17(26)24(23-11)10-16(25)21-12(2)18-13(3)22-19(27-18)14-5-7-15(20)8-6-14/h4-9,12H,10H2,1-3H3,(H,21,25). The zero-order valence-corrected chi connectivity index (χ0v) is 16.8. The smallest absolute Gasteiger partial charge is 0.267 e. The molecule has 8 heteroatoms. The number of amides is 1. The Bertz CT molecular complexity index is 1030. The molecule has 1 aromatic carbocycles. The second-order valence-electron chi connectivity index (χ2n) is 6.24. The number of halogens is 1. The summed E-state index contributed by atoms with van der Waals surface area (Å²) in [5, 5.41) is 8.55.